The fourth-order valence-electron chi connectivity index (χ4n) is 2.38. The predicted molar refractivity (Wildman–Crippen MR) is 77.1 cm³/mol. The number of carbonyl (C=O) groups excluding carboxylic acids is 1. The highest BCUT2D eigenvalue weighted by molar-refractivity contribution is 5.91. The van der Waals surface area contributed by atoms with Gasteiger partial charge in [-0.1, -0.05) is 12.1 Å². The van der Waals surface area contributed by atoms with Crippen LogP contribution in [0.25, 0.3) is 0 Å². The van der Waals surface area contributed by atoms with Crippen molar-refractivity contribution in [3.05, 3.63) is 36.9 Å². The first kappa shape index (κ1) is 13.4. The molecule has 0 unspecified atom stereocenters. The zero-order chi connectivity index (χ0) is 14.7. The minimum atomic E-state index is -0.102. The molecule has 0 bridgehead atoms. The number of aromatic nitrogens is 3. The van der Waals surface area contributed by atoms with Crippen LogP contribution in [0.5, 0.6) is 5.75 Å². The molecule has 0 aliphatic carbocycles. The fourth-order valence-corrected chi connectivity index (χ4v) is 2.38. The van der Waals surface area contributed by atoms with Crippen molar-refractivity contribution in [2.24, 2.45) is 5.92 Å². The van der Waals surface area contributed by atoms with Crippen molar-refractivity contribution in [3.63, 3.8) is 0 Å². The third kappa shape index (κ3) is 2.96. The van der Waals surface area contributed by atoms with E-state index in [4.69, 9.17) is 4.74 Å². The molecular weight excluding hydrogens is 270 g/mol. The van der Waals surface area contributed by atoms with Crippen LogP contribution in [0.1, 0.15) is 0 Å². The Morgan fingerprint density at radius 3 is 2.95 bits per heavy atom. The monoisotopic (exact) mass is 287 g/mol. The summed E-state index contributed by atoms with van der Waals surface area (Å²) in [4.78, 5) is 17.8. The van der Waals surface area contributed by atoms with Crippen LogP contribution in [-0.2, 0) is 6.54 Å². The van der Waals surface area contributed by atoms with Crippen molar-refractivity contribution < 1.29 is 9.53 Å². The molecule has 1 aliphatic heterocycles. The molecule has 2 amide bonds. The number of likely N-dealkylation sites (tertiary alicyclic amines) is 1. The van der Waals surface area contributed by atoms with Gasteiger partial charge in [0.1, 0.15) is 18.4 Å². The van der Waals surface area contributed by atoms with Gasteiger partial charge in [0.2, 0.25) is 0 Å². The standard InChI is InChI=1S/C14H17N5O2/c1-21-13-5-3-2-4-12(13)17-14(20)18-6-11(7-18)8-19-10-15-9-16-19/h2-5,9-11H,6-8H2,1H3,(H,17,20). The number of carbonyl (C=O) groups is 1. The number of methoxy groups -OCH3 is 1. The van der Waals surface area contributed by atoms with Gasteiger partial charge in [-0.3, -0.25) is 4.68 Å². The second kappa shape index (κ2) is 5.82. The molecule has 1 saturated heterocycles. The van der Waals surface area contributed by atoms with E-state index >= 15 is 0 Å². The number of urea groups is 1. The Labute approximate surface area is 122 Å². The van der Waals surface area contributed by atoms with E-state index in [0.29, 0.717) is 17.4 Å². The number of benzene rings is 1. The second-order valence-corrected chi connectivity index (χ2v) is 5.02. The highest BCUT2D eigenvalue weighted by Gasteiger charge is 2.31. The first-order chi connectivity index (χ1) is 10.3. The molecule has 1 fully saturated rings. The molecule has 1 aliphatic rings. The van der Waals surface area contributed by atoms with E-state index in [2.05, 4.69) is 15.4 Å². The highest BCUT2D eigenvalue weighted by Crippen LogP contribution is 2.25. The third-order valence-electron chi connectivity index (χ3n) is 3.50. The SMILES string of the molecule is COc1ccccc1NC(=O)N1CC(Cn2cncn2)C1. The molecule has 0 spiro atoms. The molecule has 0 atom stereocenters. The van der Waals surface area contributed by atoms with Gasteiger partial charge in [-0.2, -0.15) is 5.10 Å². The van der Waals surface area contributed by atoms with Crippen LogP contribution >= 0.6 is 0 Å². The summed E-state index contributed by atoms with van der Waals surface area (Å²) in [6.45, 7) is 2.24. The number of para-hydroxylation sites is 2. The van der Waals surface area contributed by atoms with Gasteiger partial charge in [-0.25, -0.2) is 9.78 Å². The number of anilines is 1. The van der Waals surface area contributed by atoms with Crippen LogP contribution in [0.4, 0.5) is 10.5 Å². The van der Waals surface area contributed by atoms with Crippen LogP contribution in [0.3, 0.4) is 0 Å². The molecule has 1 aromatic carbocycles. The minimum Gasteiger partial charge on any atom is -0.495 e. The van der Waals surface area contributed by atoms with Crippen LogP contribution in [-0.4, -0.2) is 45.9 Å². The van der Waals surface area contributed by atoms with Gasteiger partial charge in [-0.05, 0) is 12.1 Å². The van der Waals surface area contributed by atoms with E-state index in [-0.39, 0.29) is 6.03 Å². The fraction of sp³-hybridized carbons (Fsp3) is 0.357. The van der Waals surface area contributed by atoms with Gasteiger partial charge < -0.3 is 15.0 Å². The minimum absolute atomic E-state index is 0.102. The number of nitrogens with one attached hydrogen (secondary N) is 1. The van der Waals surface area contributed by atoms with Gasteiger partial charge in [0, 0.05) is 25.6 Å². The summed E-state index contributed by atoms with van der Waals surface area (Å²) in [6.07, 6.45) is 3.21. The molecule has 7 nitrogen and oxygen atoms in total. The first-order valence-electron chi connectivity index (χ1n) is 6.77. The Bertz CT molecular complexity index is 608. The normalized spacial score (nSPS) is 14.6. The predicted octanol–water partition coefficient (Wildman–Crippen LogP) is 1.45. The van der Waals surface area contributed by atoms with E-state index in [1.807, 2.05) is 24.3 Å². The lowest BCUT2D eigenvalue weighted by Crippen LogP contribution is -2.53. The van der Waals surface area contributed by atoms with Gasteiger partial charge in [0.15, 0.2) is 0 Å². The second-order valence-electron chi connectivity index (χ2n) is 5.02. The summed E-state index contributed by atoms with van der Waals surface area (Å²) < 4.78 is 7.01. The molecule has 2 heterocycles. The summed E-state index contributed by atoms with van der Waals surface area (Å²) in [6, 6.07) is 7.27. The summed E-state index contributed by atoms with van der Waals surface area (Å²) in [5, 5.41) is 6.94. The van der Waals surface area contributed by atoms with Crippen LogP contribution in [0.2, 0.25) is 0 Å². The Hall–Kier alpha value is -2.57. The molecule has 0 saturated carbocycles. The van der Waals surface area contributed by atoms with E-state index in [1.54, 1.807) is 23.0 Å². The molecule has 3 rings (SSSR count). The Kier molecular flexibility index (Phi) is 3.72. The van der Waals surface area contributed by atoms with E-state index in [9.17, 15) is 4.79 Å². The van der Waals surface area contributed by atoms with Crippen LogP contribution in [0, 0.1) is 5.92 Å². The van der Waals surface area contributed by atoms with Gasteiger partial charge >= 0.3 is 6.03 Å². The lowest BCUT2D eigenvalue weighted by atomic mass is 10.0. The highest BCUT2D eigenvalue weighted by atomic mass is 16.5. The Morgan fingerprint density at radius 2 is 2.24 bits per heavy atom. The zero-order valence-electron chi connectivity index (χ0n) is 11.8. The molecule has 110 valence electrons. The van der Waals surface area contributed by atoms with Crippen LogP contribution in [0.15, 0.2) is 36.9 Å². The van der Waals surface area contributed by atoms with Gasteiger partial charge in [0.25, 0.3) is 0 Å². The quantitative estimate of drug-likeness (QED) is 0.924. The number of amides is 2. The molecule has 2 aromatic rings. The Morgan fingerprint density at radius 1 is 1.43 bits per heavy atom. The van der Waals surface area contributed by atoms with Gasteiger partial charge in [-0.15, -0.1) is 0 Å². The van der Waals surface area contributed by atoms with E-state index < -0.39 is 0 Å². The average molecular weight is 287 g/mol. The number of hydrogen-bond donors (Lipinski definition) is 1. The maximum absolute atomic E-state index is 12.1. The molecule has 1 aromatic heterocycles. The first-order valence-corrected chi connectivity index (χ1v) is 6.77. The third-order valence-corrected chi connectivity index (χ3v) is 3.50. The summed E-state index contributed by atoms with van der Waals surface area (Å²) in [5.41, 5.74) is 0.685. The maximum atomic E-state index is 12.1. The van der Waals surface area contributed by atoms with Crippen molar-refractivity contribution in [1.29, 1.82) is 0 Å². The number of ether oxygens (including phenoxy) is 1. The molecule has 21 heavy (non-hydrogen) atoms. The van der Waals surface area contributed by atoms with Crippen LogP contribution < -0.4 is 10.1 Å². The lowest BCUT2D eigenvalue weighted by Gasteiger charge is -2.39. The molecule has 0 radical (unpaired) electrons. The smallest absolute Gasteiger partial charge is 0.321 e. The molecule has 7 heteroatoms. The van der Waals surface area contributed by atoms with E-state index in [1.165, 1.54) is 6.33 Å². The topological polar surface area (TPSA) is 72.3 Å². The summed E-state index contributed by atoms with van der Waals surface area (Å²) in [5.74, 6) is 1.08. The zero-order valence-corrected chi connectivity index (χ0v) is 11.8. The number of nitrogens with zero attached hydrogens (tertiary/aromatic N) is 4. The van der Waals surface area contributed by atoms with Gasteiger partial charge in [0.05, 0.1) is 12.8 Å². The summed E-state index contributed by atoms with van der Waals surface area (Å²) >= 11 is 0. The van der Waals surface area contributed by atoms with Crippen molar-refractivity contribution in [2.45, 2.75) is 6.54 Å². The maximum Gasteiger partial charge on any atom is 0.321 e. The number of hydrogen-bond acceptors (Lipinski definition) is 4. The number of rotatable bonds is 4. The van der Waals surface area contributed by atoms with Crippen molar-refractivity contribution >= 4 is 11.7 Å². The van der Waals surface area contributed by atoms with E-state index in [0.717, 1.165) is 19.6 Å². The van der Waals surface area contributed by atoms with Crippen molar-refractivity contribution in [3.8, 4) is 5.75 Å². The lowest BCUT2D eigenvalue weighted by molar-refractivity contribution is 0.117. The van der Waals surface area contributed by atoms with Crippen molar-refractivity contribution in [2.75, 3.05) is 25.5 Å². The average Bonchev–Trinajstić information content (AvgIpc) is 2.96. The molecule has 1 N–H and O–H groups in total. The largest absolute Gasteiger partial charge is 0.495 e. The molecular formula is C14H17N5O2. The van der Waals surface area contributed by atoms with Crippen molar-refractivity contribution in [1.82, 2.24) is 19.7 Å². The Balaban J connectivity index is 1.51. The summed E-state index contributed by atoms with van der Waals surface area (Å²) in [7, 11) is 1.59.